The number of carbonyl (C=O) groups is 2. The number of hydrogen-bond donors (Lipinski definition) is 3. The molecule has 1 unspecified atom stereocenters. The van der Waals surface area contributed by atoms with Gasteiger partial charge in [-0.25, -0.2) is 4.99 Å². The molecule has 0 radical (unpaired) electrons. The fourth-order valence-electron chi connectivity index (χ4n) is 3.53. The summed E-state index contributed by atoms with van der Waals surface area (Å²) in [5, 5.41) is 2.53. The minimum absolute atomic E-state index is 0.0838. The molecular weight excluding hydrogens is 360 g/mol. The number of carbonyl (C=O) groups excluding carboxylic acids is 2. The van der Waals surface area contributed by atoms with Gasteiger partial charge in [0, 0.05) is 0 Å². The summed E-state index contributed by atoms with van der Waals surface area (Å²) in [4.78, 5) is 28.2. The maximum atomic E-state index is 12.3. The number of amides is 2. The van der Waals surface area contributed by atoms with Gasteiger partial charge < -0.3 is 20.9 Å². The van der Waals surface area contributed by atoms with Crippen molar-refractivity contribution in [1.29, 1.82) is 0 Å². The number of nitrogens with one attached hydrogen (secondary N) is 1. The van der Waals surface area contributed by atoms with Crippen molar-refractivity contribution in [3.05, 3.63) is 23.8 Å². The first-order chi connectivity index (χ1) is 13.4. The third-order valence-corrected chi connectivity index (χ3v) is 4.98. The summed E-state index contributed by atoms with van der Waals surface area (Å²) in [6, 6.07) is 4.50. The lowest BCUT2D eigenvalue weighted by Gasteiger charge is -2.23. The Morgan fingerprint density at radius 3 is 2.43 bits per heavy atom. The highest BCUT2D eigenvalue weighted by Gasteiger charge is 2.22. The number of primary amides is 1. The second kappa shape index (κ2) is 10.5. The van der Waals surface area contributed by atoms with Gasteiger partial charge in [0.25, 0.3) is 0 Å². The summed E-state index contributed by atoms with van der Waals surface area (Å²) in [7, 11) is 3.08. The lowest BCUT2D eigenvalue weighted by molar-refractivity contribution is -0.120. The van der Waals surface area contributed by atoms with Gasteiger partial charge in [-0.1, -0.05) is 38.2 Å². The van der Waals surface area contributed by atoms with Crippen molar-refractivity contribution in [3.63, 3.8) is 0 Å². The van der Waals surface area contributed by atoms with Crippen LogP contribution in [-0.4, -0.2) is 38.0 Å². The standard InChI is InChI=1S/C20H30N4O4/c1-27-16-9-8-14(11-17(16)28-2)12-18(25)24-20(22)23-15(19(21)26)10-13-6-4-3-5-7-13/h8-9,11,13,15H,3-7,10,12H2,1-2H3,(H2,21,26)(H3,22,23,24,25). The Morgan fingerprint density at radius 2 is 1.82 bits per heavy atom. The van der Waals surface area contributed by atoms with E-state index in [2.05, 4.69) is 10.3 Å². The van der Waals surface area contributed by atoms with Gasteiger partial charge in [-0.15, -0.1) is 0 Å². The zero-order chi connectivity index (χ0) is 20.5. The van der Waals surface area contributed by atoms with Crippen molar-refractivity contribution in [1.82, 2.24) is 5.32 Å². The van der Waals surface area contributed by atoms with Crippen LogP contribution in [0.4, 0.5) is 0 Å². The summed E-state index contributed by atoms with van der Waals surface area (Å²) in [6.45, 7) is 0. The summed E-state index contributed by atoms with van der Waals surface area (Å²) in [6.07, 6.45) is 6.36. The molecule has 1 saturated carbocycles. The lowest BCUT2D eigenvalue weighted by Crippen LogP contribution is -2.41. The molecule has 154 valence electrons. The lowest BCUT2D eigenvalue weighted by atomic mass is 9.85. The highest BCUT2D eigenvalue weighted by atomic mass is 16.5. The molecule has 2 amide bonds. The van der Waals surface area contributed by atoms with Crippen molar-refractivity contribution >= 4 is 17.8 Å². The number of nitrogens with two attached hydrogens (primary N) is 2. The number of benzene rings is 1. The molecule has 0 saturated heterocycles. The number of methoxy groups -OCH3 is 2. The smallest absolute Gasteiger partial charge is 0.242 e. The molecule has 2 rings (SSSR count). The molecule has 1 aliphatic rings. The Labute approximate surface area is 165 Å². The molecule has 8 heteroatoms. The maximum absolute atomic E-state index is 12.3. The summed E-state index contributed by atoms with van der Waals surface area (Å²) in [5.74, 6) is 0.586. The van der Waals surface area contributed by atoms with Crippen molar-refractivity contribution in [2.45, 2.75) is 51.0 Å². The third-order valence-electron chi connectivity index (χ3n) is 4.98. The van der Waals surface area contributed by atoms with E-state index >= 15 is 0 Å². The number of ether oxygens (including phenoxy) is 2. The van der Waals surface area contributed by atoms with Crippen LogP contribution in [0.15, 0.2) is 23.2 Å². The molecule has 0 aliphatic heterocycles. The van der Waals surface area contributed by atoms with Gasteiger partial charge in [0.1, 0.15) is 6.04 Å². The normalized spacial score (nSPS) is 16.3. The Hall–Kier alpha value is -2.77. The van der Waals surface area contributed by atoms with Gasteiger partial charge in [0.2, 0.25) is 11.8 Å². The monoisotopic (exact) mass is 390 g/mol. The van der Waals surface area contributed by atoms with E-state index in [9.17, 15) is 9.59 Å². The number of hydrogen-bond acceptors (Lipinski definition) is 5. The van der Waals surface area contributed by atoms with Crippen molar-refractivity contribution in [2.75, 3.05) is 14.2 Å². The fraction of sp³-hybridized carbons (Fsp3) is 0.550. The van der Waals surface area contributed by atoms with E-state index in [0.717, 1.165) is 31.2 Å². The molecule has 5 N–H and O–H groups in total. The molecule has 0 heterocycles. The predicted molar refractivity (Wildman–Crippen MR) is 107 cm³/mol. The first kappa shape index (κ1) is 21.5. The van der Waals surface area contributed by atoms with E-state index in [4.69, 9.17) is 20.9 Å². The molecule has 0 spiro atoms. The van der Waals surface area contributed by atoms with Crippen LogP contribution in [0, 0.1) is 5.92 Å². The van der Waals surface area contributed by atoms with Crippen LogP contribution in [0.5, 0.6) is 11.5 Å². The van der Waals surface area contributed by atoms with Crippen LogP contribution >= 0.6 is 0 Å². The third kappa shape index (κ3) is 6.44. The Bertz CT molecular complexity index is 714. The molecule has 1 aromatic carbocycles. The largest absolute Gasteiger partial charge is 0.493 e. The second-order valence-corrected chi connectivity index (χ2v) is 7.09. The molecule has 8 nitrogen and oxygen atoms in total. The SMILES string of the molecule is COc1ccc(CC(=O)NC(N)=NC(CC2CCCCC2)C(N)=O)cc1OC. The fourth-order valence-corrected chi connectivity index (χ4v) is 3.53. The summed E-state index contributed by atoms with van der Waals surface area (Å²) in [5.41, 5.74) is 12.0. The van der Waals surface area contributed by atoms with Gasteiger partial charge in [-0.3, -0.25) is 14.9 Å². The molecule has 1 atom stereocenters. The van der Waals surface area contributed by atoms with Crippen LogP contribution in [0.1, 0.15) is 44.1 Å². The number of guanidine groups is 1. The molecule has 1 fully saturated rings. The molecule has 1 aromatic rings. The minimum atomic E-state index is -0.718. The summed E-state index contributed by atoms with van der Waals surface area (Å²) >= 11 is 0. The zero-order valence-electron chi connectivity index (χ0n) is 16.6. The second-order valence-electron chi connectivity index (χ2n) is 7.09. The van der Waals surface area contributed by atoms with Gasteiger partial charge in [0.15, 0.2) is 17.5 Å². The molecular formula is C20H30N4O4. The van der Waals surface area contributed by atoms with E-state index in [-0.39, 0.29) is 18.3 Å². The van der Waals surface area contributed by atoms with Gasteiger partial charge in [-0.2, -0.15) is 0 Å². The topological polar surface area (TPSA) is 129 Å². The average Bonchev–Trinajstić information content (AvgIpc) is 2.67. The van der Waals surface area contributed by atoms with Crippen LogP contribution < -0.4 is 26.3 Å². The van der Waals surface area contributed by atoms with Crippen LogP contribution in [0.2, 0.25) is 0 Å². The van der Waals surface area contributed by atoms with E-state index in [0.29, 0.717) is 23.8 Å². The average molecular weight is 390 g/mol. The first-order valence-corrected chi connectivity index (χ1v) is 9.56. The highest BCUT2D eigenvalue weighted by molar-refractivity contribution is 5.98. The maximum Gasteiger partial charge on any atom is 0.242 e. The molecule has 0 aromatic heterocycles. The minimum Gasteiger partial charge on any atom is -0.493 e. The number of rotatable bonds is 8. The number of nitrogens with zero attached hydrogens (tertiary/aromatic N) is 1. The Balaban J connectivity index is 1.96. The Morgan fingerprint density at radius 1 is 1.14 bits per heavy atom. The van der Waals surface area contributed by atoms with Gasteiger partial charge >= 0.3 is 0 Å². The zero-order valence-corrected chi connectivity index (χ0v) is 16.6. The van der Waals surface area contributed by atoms with Gasteiger partial charge in [-0.05, 0) is 30.0 Å². The summed E-state index contributed by atoms with van der Waals surface area (Å²) < 4.78 is 10.4. The number of aliphatic imine (C=N–C) groups is 1. The Kier molecular flexibility index (Phi) is 8.10. The van der Waals surface area contributed by atoms with E-state index in [1.54, 1.807) is 25.3 Å². The van der Waals surface area contributed by atoms with E-state index in [1.807, 2.05) is 0 Å². The molecule has 0 bridgehead atoms. The van der Waals surface area contributed by atoms with Crippen molar-refractivity contribution < 1.29 is 19.1 Å². The molecule has 1 aliphatic carbocycles. The van der Waals surface area contributed by atoms with E-state index < -0.39 is 11.9 Å². The van der Waals surface area contributed by atoms with Gasteiger partial charge in [0.05, 0.1) is 20.6 Å². The predicted octanol–water partition coefficient (Wildman–Crippen LogP) is 1.50. The van der Waals surface area contributed by atoms with Crippen LogP contribution in [-0.2, 0) is 16.0 Å². The first-order valence-electron chi connectivity index (χ1n) is 9.56. The highest BCUT2D eigenvalue weighted by Crippen LogP contribution is 2.28. The van der Waals surface area contributed by atoms with E-state index in [1.165, 1.54) is 13.5 Å². The van der Waals surface area contributed by atoms with Crippen molar-refractivity contribution in [2.24, 2.45) is 22.4 Å². The molecule has 28 heavy (non-hydrogen) atoms. The van der Waals surface area contributed by atoms with Crippen LogP contribution in [0.3, 0.4) is 0 Å². The quantitative estimate of drug-likeness (QED) is 0.458. The van der Waals surface area contributed by atoms with Crippen LogP contribution in [0.25, 0.3) is 0 Å². The van der Waals surface area contributed by atoms with Crippen molar-refractivity contribution in [3.8, 4) is 11.5 Å².